The first kappa shape index (κ1) is 19.9. The Labute approximate surface area is 178 Å². The summed E-state index contributed by atoms with van der Waals surface area (Å²) < 4.78 is 0. The molecule has 0 N–H and O–H groups in total. The van der Waals surface area contributed by atoms with Crippen molar-refractivity contribution in [2.75, 3.05) is 0 Å². The first-order valence-electron chi connectivity index (χ1n) is 9.46. The van der Waals surface area contributed by atoms with Gasteiger partial charge in [-0.2, -0.15) is 9.90 Å². The van der Waals surface area contributed by atoms with Gasteiger partial charge < -0.3 is 0 Å². The van der Waals surface area contributed by atoms with Crippen LogP contribution < -0.4 is 9.78 Å². The second-order valence-electron chi connectivity index (χ2n) is 6.74. The zero-order valence-electron chi connectivity index (χ0n) is 16.3. The van der Waals surface area contributed by atoms with E-state index in [0.29, 0.717) is 11.5 Å². The van der Waals surface area contributed by atoms with Crippen LogP contribution in [0.15, 0.2) is 109 Å². The minimum atomic E-state index is 0. The number of rotatable bonds is 5. The molecule has 4 heteroatoms. The molecule has 0 bridgehead atoms. The van der Waals surface area contributed by atoms with Crippen molar-refractivity contribution in [2.45, 2.75) is 0 Å². The van der Waals surface area contributed by atoms with Crippen LogP contribution >= 0.6 is 9.90 Å². The average molecular weight is 412 g/mol. The first-order chi connectivity index (χ1) is 14.4. The fourth-order valence-corrected chi connectivity index (χ4v) is 3.53. The summed E-state index contributed by atoms with van der Waals surface area (Å²) in [6, 6.07) is 36.0. The second-order valence-corrected chi connectivity index (χ2v) is 6.74. The molecule has 1 unspecified atom stereocenters. The molecule has 0 aliphatic heterocycles. The van der Waals surface area contributed by atoms with E-state index >= 15 is 0 Å². The van der Waals surface area contributed by atoms with Crippen molar-refractivity contribution >= 4 is 31.4 Å². The molecule has 0 radical (unpaired) electrons. The highest BCUT2D eigenvalue weighted by Crippen LogP contribution is 2.37. The molecule has 3 nitrogen and oxygen atoms in total. The number of hydrogen-bond acceptors (Lipinski definition) is 3. The molecule has 5 aromatic rings. The van der Waals surface area contributed by atoms with Crippen LogP contribution in [0.25, 0.3) is 32.7 Å². The Morgan fingerprint density at radius 1 is 0.467 bits per heavy atom. The van der Waals surface area contributed by atoms with Crippen LogP contribution in [-0.4, -0.2) is 0 Å². The molecular formula is C26H21O3P. The van der Waals surface area contributed by atoms with Gasteiger partial charge >= 0.3 is 0 Å². The normalized spacial score (nSPS) is 10.5. The smallest absolute Gasteiger partial charge is 0.185 e. The Kier molecular flexibility index (Phi) is 5.94. The van der Waals surface area contributed by atoms with Crippen molar-refractivity contribution in [2.24, 2.45) is 0 Å². The first-order valence-corrected chi connectivity index (χ1v) is 9.46. The zero-order chi connectivity index (χ0) is 19.5. The van der Waals surface area contributed by atoms with Gasteiger partial charge in [0.05, 0.1) is 0 Å². The van der Waals surface area contributed by atoms with E-state index in [4.69, 9.17) is 14.8 Å². The maximum Gasteiger partial charge on any atom is 0.185 e. The largest absolute Gasteiger partial charge is 0.299 e. The van der Waals surface area contributed by atoms with Crippen molar-refractivity contribution in [3.05, 3.63) is 109 Å². The van der Waals surface area contributed by atoms with E-state index in [9.17, 15) is 0 Å². The third-order valence-corrected chi connectivity index (χ3v) is 4.96. The highest BCUT2D eigenvalue weighted by molar-refractivity contribution is 6.92. The summed E-state index contributed by atoms with van der Waals surface area (Å²) in [6.45, 7) is 0. The molecule has 0 amide bonds. The van der Waals surface area contributed by atoms with Crippen LogP contribution in [0.5, 0.6) is 11.5 Å². The molecule has 0 aliphatic rings. The lowest BCUT2D eigenvalue weighted by Crippen LogP contribution is -2.04. The zero-order valence-corrected chi connectivity index (χ0v) is 17.7. The molecule has 0 fully saturated rings. The Balaban J connectivity index is 0.00000218. The standard InChI is InChI=1S/C26H18O3.H3P/c1-2-9-20(10-3-1)24-18-17-21-12-5-7-15-23(21)26(24)28-29-27-25-16-8-13-19-11-4-6-14-22(19)25;/h1-18H;1H3. The van der Waals surface area contributed by atoms with E-state index in [1.807, 2.05) is 103 Å². The topological polar surface area (TPSA) is 27.7 Å². The van der Waals surface area contributed by atoms with Crippen LogP contribution in [0.3, 0.4) is 0 Å². The van der Waals surface area contributed by atoms with E-state index in [-0.39, 0.29) is 9.90 Å². The van der Waals surface area contributed by atoms with E-state index in [0.717, 1.165) is 32.7 Å². The van der Waals surface area contributed by atoms with E-state index in [1.165, 1.54) is 0 Å². The second kappa shape index (κ2) is 8.96. The molecule has 0 heterocycles. The fraction of sp³-hybridized carbons (Fsp3) is 0. The maximum atomic E-state index is 5.74. The van der Waals surface area contributed by atoms with E-state index in [1.54, 1.807) is 0 Å². The Bertz CT molecular complexity index is 1280. The highest BCUT2D eigenvalue weighted by Gasteiger charge is 2.13. The predicted molar refractivity (Wildman–Crippen MR) is 127 cm³/mol. The van der Waals surface area contributed by atoms with Crippen LogP contribution in [-0.2, 0) is 5.04 Å². The molecule has 5 rings (SSSR count). The van der Waals surface area contributed by atoms with Gasteiger partial charge in [-0.05, 0) is 28.5 Å². The molecule has 1 atom stereocenters. The molecule has 0 aliphatic carbocycles. The van der Waals surface area contributed by atoms with Crippen LogP contribution in [0, 0.1) is 0 Å². The number of fused-ring (bicyclic) bond motifs is 2. The van der Waals surface area contributed by atoms with Gasteiger partial charge in [-0.1, -0.05) is 97.1 Å². The van der Waals surface area contributed by atoms with Crippen molar-refractivity contribution < 1.29 is 14.8 Å². The molecule has 0 saturated heterocycles. The lowest BCUT2D eigenvalue weighted by atomic mass is 10.00. The molecule has 0 saturated carbocycles. The van der Waals surface area contributed by atoms with Gasteiger partial charge in [0.25, 0.3) is 0 Å². The van der Waals surface area contributed by atoms with Crippen molar-refractivity contribution in [3.8, 4) is 22.6 Å². The van der Waals surface area contributed by atoms with Crippen LogP contribution in [0.2, 0.25) is 0 Å². The molecular weight excluding hydrogens is 391 g/mol. The molecule has 0 aromatic heterocycles. The van der Waals surface area contributed by atoms with Gasteiger partial charge in [-0.15, -0.1) is 0 Å². The highest BCUT2D eigenvalue weighted by atomic mass is 31.0. The summed E-state index contributed by atoms with van der Waals surface area (Å²) >= 11 is 0. The maximum absolute atomic E-state index is 5.74. The summed E-state index contributed by atoms with van der Waals surface area (Å²) in [7, 11) is 0. The molecule has 5 aromatic carbocycles. The number of hydrogen-bond donors (Lipinski definition) is 0. The van der Waals surface area contributed by atoms with Gasteiger partial charge in [-0.3, -0.25) is 9.78 Å². The van der Waals surface area contributed by atoms with Crippen LogP contribution in [0.4, 0.5) is 0 Å². The van der Waals surface area contributed by atoms with Crippen molar-refractivity contribution in [1.82, 2.24) is 0 Å². The third kappa shape index (κ3) is 3.86. The lowest BCUT2D eigenvalue weighted by molar-refractivity contribution is -0.409. The summed E-state index contributed by atoms with van der Waals surface area (Å²) in [4.78, 5) is 11.3. The van der Waals surface area contributed by atoms with Crippen molar-refractivity contribution in [3.63, 3.8) is 0 Å². The predicted octanol–water partition coefficient (Wildman–Crippen LogP) is 7.02. The minimum Gasteiger partial charge on any atom is -0.299 e. The van der Waals surface area contributed by atoms with Gasteiger partial charge in [0.15, 0.2) is 11.5 Å². The Morgan fingerprint density at radius 3 is 1.90 bits per heavy atom. The average Bonchev–Trinajstić information content (AvgIpc) is 2.80. The number of benzene rings is 5. The minimum absolute atomic E-state index is 0. The quantitative estimate of drug-likeness (QED) is 0.176. The van der Waals surface area contributed by atoms with Gasteiger partial charge in [-0.25, -0.2) is 0 Å². The Hall–Kier alpha value is -3.39. The lowest BCUT2D eigenvalue weighted by Gasteiger charge is -2.13. The van der Waals surface area contributed by atoms with E-state index < -0.39 is 0 Å². The van der Waals surface area contributed by atoms with Crippen LogP contribution in [0.1, 0.15) is 0 Å². The van der Waals surface area contributed by atoms with Gasteiger partial charge in [0.2, 0.25) is 0 Å². The fourth-order valence-electron chi connectivity index (χ4n) is 3.53. The molecule has 148 valence electrons. The summed E-state index contributed by atoms with van der Waals surface area (Å²) in [6.07, 6.45) is 0. The Morgan fingerprint density at radius 2 is 1.10 bits per heavy atom. The summed E-state index contributed by atoms with van der Waals surface area (Å²) in [5.74, 6) is 1.22. The monoisotopic (exact) mass is 412 g/mol. The SMILES string of the molecule is P.c1ccc(-c2ccc3ccccc3c2OOOc2cccc3ccccc23)cc1. The summed E-state index contributed by atoms with van der Waals surface area (Å²) in [5, 5.41) is 9.33. The summed E-state index contributed by atoms with van der Waals surface area (Å²) in [5.41, 5.74) is 1.98. The van der Waals surface area contributed by atoms with Gasteiger partial charge in [0.1, 0.15) is 0 Å². The molecule has 0 spiro atoms. The van der Waals surface area contributed by atoms with Crippen molar-refractivity contribution in [1.29, 1.82) is 0 Å². The molecule has 30 heavy (non-hydrogen) atoms. The third-order valence-electron chi connectivity index (χ3n) is 4.96. The van der Waals surface area contributed by atoms with E-state index in [2.05, 4.69) is 6.07 Å². The van der Waals surface area contributed by atoms with Gasteiger partial charge in [0, 0.05) is 21.4 Å².